The number of hydrogen-bond donors (Lipinski definition) is 2. The van der Waals surface area contributed by atoms with Crippen LogP contribution in [0.4, 0.5) is 5.82 Å². The molecule has 4 aliphatic rings. The van der Waals surface area contributed by atoms with Gasteiger partial charge in [-0.25, -0.2) is 14.6 Å². The van der Waals surface area contributed by atoms with Crippen LogP contribution in [0.5, 0.6) is 0 Å². The van der Waals surface area contributed by atoms with Gasteiger partial charge in [0.1, 0.15) is 5.82 Å². The van der Waals surface area contributed by atoms with Gasteiger partial charge in [-0.1, -0.05) is 24.3 Å². The third kappa shape index (κ3) is 7.33. The van der Waals surface area contributed by atoms with E-state index in [0.29, 0.717) is 31.8 Å². The summed E-state index contributed by atoms with van der Waals surface area (Å²) in [6.07, 6.45) is 11.4. The van der Waals surface area contributed by atoms with Crippen LogP contribution in [0.25, 0.3) is 0 Å². The zero-order valence-electron chi connectivity index (χ0n) is 23.6. The fourth-order valence-corrected chi connectivity index (χ4v) is 6.34. The Balaban J connectivity index is 0.000000407. The van der Waals surface area contributed by atoms with Crippen LogP contribution >= 0.6 is 0 Å². The number of aliphatic carboxylic acids is 2. The molecule has 2 N–H and O–H groups in total. The molecule has 3 unspecified atom stereocenters. The van der Waals surface area contributed by atoms with Gasteiger partial charge in [0.25, 0.3) is 0 Å². The minimum Gasteiger partial charge on any atom is -0.478 e. The first-order valence-corrected chi connectivity index (χ1v) is 14.4. The van der Waals surface area contributed by atoms with Crippen molar-refractivity contribution >= 4 is 29.6 Å². The monoisotopic (exact) mass is 589 g/mol. The molecule has 1 saturated carbocycles. The summed E-state index contributed by atoms with van der Waals surface area (Å²) in [6, 6.07) is 9.86. The smallest absolute Gasteiger partial charge is 0.328 e. The van der Waals surface area contributed by atoms with Crippen molar-refractivity contribution in [2.75, 3.05) is 44.2 Å². The molecule has 43 heavy (non-hydrogen) atoms. The van der Waals surface area contributed by atoms with Crippen LogP contribution in [-0.2, 0) is 30.5 Å². The van der Waals surface area contributed by atoms with E-state index in [-0.39, 0.29) is 41.6 Å². The fraction of sp³-hybridized carbons (Fsp3) is 0.419. The Morgan fingerprint density at radius 2 is 1.58 bits per heavy atom. The highest BCUT2D eigenvalue weighted by atomic mass is 16.5. The molecule has 12 heteroatoms. The molecule has 0 aromatic carbocycles. The van der Waals surface area contributed by atoms with E-state index in [1.54, 1.807) is 12.4 Å². The average Bonchev–Trinajstić information content (AvgIpc) is 3.71. The standard InChI is InChI=1S/C27H31N5O3.C4H4O4/c33-26-24-20-6-7-21(14-20)25(24)27(34)32(26)17-22(35-18-19-4-3-8-28-15-19)16-30-10-12-31(13-11-30)23-5-1-2-9-29-23;5-3(6)1-2-4(7)8/h1-9,15,20-22,24-25H,10-14,16-18H2;1-2H,(H,5,6)(H,7,8)/b;2-1-/t20-,21?,22?,24-,25?;/m0./s1. The van der Waals surface area contributed by atoms with E-state index in [4.69, 9.17) is 14.9 Å². The number of carbonyl (C=O) groups excluding carboxylic acids is 2. The Morgan fingerprint density at radius 3 is 2.14 bits per heavy atom. The molecule has 4 heterocycles. The van der Waals surface area contributed by atoms with E-state index in [1.807, 2.05) is 36.5 Å². The number of imide groups is 1. The lowest BCUT2D eigenvalue weighted by molar-refractivity contribution is -0.143. The Morgan fingerprint density at radius 1 is 0.907 bits per heavy atom. The molecule has 12 nitrogen and oxygen atoms in total. The summed E-state index contributed by atoms with van der Waals surface area (Å²) in [7, 11) is 0. The van der Waals surface area contributed by atoms with Gasteiger partial charge >= 0.3 is 11.9 Å². The van der Waals surface area contributed by atoms with E-state index < -0.39 is 11.9 Å². The quantitative estimate of drug-likeness (QED) is 0.237. The van der Waals surface area contributed by atoms with Crippen molar-refractivity contribution < 1.29 is 34.1 Å². The summed E-state index contributed by atoms with van der Waals surface area (Å²) < 4.78 is 6.32. The van der Waals surface area contributed by atoms with Crippen LogP contribution in [0.15, 0.2) is 73.2 Å². The van der Waals surface area contributed by atoms with Crippen LogP contribution in [0.2, 0.25) is 0 Å². The van der Waals surface area contributed by atoms with E-state index in [9.17, 15) is 19.2 Å². The average molecular weight is 590 g/mol. The number of carbonyl (C=O) groups is 4. The SMILES string of the molecule is O=C(O)/C=C\C(=O)O.O=C1C2C3C=C[C@@H](C3)[C@@H]2C(=O)N1CC(CN1CCN(c2ccccn2)CC1)OCc1cccnc1. The van der Waals surface area contributed by atoms with Gasteiger partial charge in [0, 0.05) is 63.5 Å². The van der Waals surface area contributed by atoms with Crippen molar-refractivity contribution in [1.29, 1.82) is 0 Å². The largest absolute Gasteiger partial charge is 0.478 e. The maximum atomic E-state index is 13.3. The molecule has 2 bridgehead atoms. The van der Waals surface area contributed by atoms with Gasteiger partial charge in [-0.2, -0.15) is 0 Å². The summed E-state index contributed by atoms with van der Waals surface area (Å²) in [5, 5.41) is 15.6. The van der Waals surface area contributed by atoms with Gasteiger partial charge < -0.3 is 19.8 Å². The lowest BCUT2D eigenvalue weighted by Gasteiger charge is -2.37. The number of aromatic nitrogens is 2. The number of fused-ring (bicyclic) bond motifs is 5. The van der Waals surface area contributed by atoms with Gasteiger partial charge in [-0.05, 0) is 42.0 Å². The molecule has 2 aliphatic heterocycles. The molecule has 0 radical (unpaired) electrons. The summed E-state index contributed by atoms with van der Waals surface area (Å²) in [4.78, 5) is 60.4. The predicted octanol–water partition coefficient (Wildman–Crippen LogP) is 1.70. The third-order valence-corrected chi connectivity index (χ3v) is 8.33. The minimum absolute atomic E-state index is 0.00759. The Kier molecular flexibility index (Phi) is 9.58. The Hall–Kier alpha value is -4.42. The molecule has 5 atom stereocenters. The van der Waals surface area contributed by atoms with E-state index in [2.05, 4.69) is 31.9 Å². The summed E-state index contributed by atoms with van der Waals surface area (Å²) in [6.45, 7) is 4.91. The minimum atomic E-state index is -1.26. The highest BCUT2D eigenvalue weighted by molar-refractivity contribution is 6.06. The summed E-state index contributed by atoms with van der Waals surface area (Å²) in [5.41, 5.74) is 0.982. The number of piperazine rings is 1. The molecule has 6 rings (SSSR count). The van der Waals surface area contributed by atoms with Crippen LogP contribution < -0.4 is 4.90 Å². The number of likely N-dealkylation sites (tertiary alicyclic amines) is 1. The zero-order chi connectivity index (χ0) is 30.3. The van der Waals surface area contributed by atoms with Gasteiger partial charge in [0.2, 0.25) is 11.8 Å². The van der Waals surface area contributed by atoms with Crippen LogP contribution in [-0.4, -0.2) is 99.1 Å². The molecule has 2 saturated heterocycles. The van der Waals surface area contributed by atoms with Crippen molar-refractivity contribution in [3.63, 3.8) is 0 Å². The molecule has 2 amide bonds. The van der Waals surface area contributed by atoms with E-state index in [1.165, 1.54) is 4.90 Å². The molecule has 2 aromatic rings. The number of ether oxygens (including phenoxy) is 1. The normalized spacial score (nSPS) is 25.1. The maximum Gasteiger partial charge on any atom is 0.328 e. The molecule has 0 spiro atoms. The van der Waals surface area contributed by atoms with Crippen molar-refractivity contribution in [3.8, 4) is 0 Å². The Labute approximate surface area is 249 Å². The van der Waals surface area contributed by atoms with Crippen molar-refractivity contribution in [2.24, 2.45) is 23.7 Å². The van der Waals surface area contributed by atoms with Crippen LogP contribution in [0.1, 0.15) is 12.0 Å². The predicted molar refractivity (Wildman–Crippen MR) is 155 cm³/mol. The van der Waals surface area contributed by atoms with Crippen LogP contribution in [0, 0.1) is 23.7 Å². The van der Waals surface area contributed by atoms with Gasteiger partial charge in [0.15, 0.2) is 0 Å². The number of nitrogens with zero attached hydrogens (tertiary/aromatic N) is 5. The van der Waals surface area contributed by atoms with E-state index in [0.717, 1.165) is 44.0 Å². The molecule has 3 fully saturated rings. The van der Waals surface area contributed by atoms with Crippen molar-refractivity contribution in [3.05, 3.63) is 78.8 Å². The second kappa shape index (κ2) is 13.7. The number of carboxylic acids is 2. The van der Waals surface area contributed by atoms with Gasteiger partial charge in [0.05, 0.1) is 31.1 Å². The third-order valence-electron chi connectivity index (χ3n) is 8.33. The number of anilines is 1. The highest BCUT2D eigenvalue weighted by Gasteiger charge is 2.59. The Bertz CT molecular complexity index is 1320. The second-order valence-corrected chi connectivity index (χ2v) is 11.1. The molecule has 2 aromatic heterocycles. The summed E-state index contributed by atoms with van der Waals surface area (Å²) >= 11 is 0. The number of rotatable bonds is 10. The van der Waals surface area contributed by atoms with Crippen molar-refractivity contribution in [1.82, 2.24) is 19.8 Å². The number of carboxylic acid groups (broad SMARTS) is 2. The molecule has 2 aliphatic carbocycles. The number of pyridine rings is 2. The first kappa shape index (κ1) is 30.1. The topological polar surface area (TPSA) is 153 Å². The summed E-state index contributed by atoms with van der Waals surface area (Å²) in [5.74, 6) is -1.42. The zero-order valence-corrected chi connectivity index (χ0v) is 23.6. The number of amides is 2. The molecular formula is C31H35N5O7. The van der Waals surface area contributed by atoms with Gasteiger partial charge in [-0.15, -0.1) is 0 Å². The first-order valence-electron chi connectivity index (χ1n) is 14.4. The highest BCUT2D eigenvalue weighted by Crippen LogP contribution is 2.52. The number of hydrogen-bond acceptors (Lipinski definition) is 9. The lowest BCUT2D eigenvalue weighted by atomic mass is 9.85. The second-order valence-electron chi connectivity index (χ2n) is 11.1. The molecular weight excluding hydrogens is 554 g/mol. The van der Waals surface area contributed by atoms with Crippen molar-refractivity contribution in [2.45, 2.75) is 19.1 Å². The first-order chi connectivity index (χ1) is 20.8. The van der Waals surface area contributed by atoms with E-state index >= 15 is 0 Å². The van der Waals surface area contributed by atoms with Crippen LogP contribution in [0.3, 0.4) is 0 Å². The molecule has 226 valence electrons. The number of allylic oxidation sites excluding steroid dienone is 2. The fourth-order valence-electron chi connectivity index (χ4n) is 6.34. The van der Waals surface area contributed by atoms with Gasteiger partial charge in [-0.3, -0.25) is 24.4 Å². The maximum absolute atomic E-state index is 13.3. The lowest BCUT2D eigenvalue weighted by Crippen LogP contribution is -2.51.